The standard InChI is InChI=1S/C16H23N5O2/c1-23-7-4-13-10-21(22,6-5-18-13)9-12-2-3-14-15(8-12)19-11-20-16(14)17/h2-3,8,11,13,18H,4-7,9-10H2,1H3,(H2,17,19,20). The summed E-state index contributed by atoms with van der Waals surface area (Å²) in [7, 11) is 1.69. The Morgan fingerprint density at radius 2 is 2.30 bits per heavy atom. The number of nitrogens with two attached hydrogens (primary N) is 1. The van der Waals surface area contributed by atoms with E-state index in [0.717, 1.165) is 29.4 Å². The molecule has 124 valence electrons. The topological polar surface area (TPSA) is 96.1 Å². The van der Waals surface area contributed by atoms with Crippen LogP contribution < -0.4 is 11.1 Å². The molecule has 1 aliphatic rings. The molecule has 1 aliphatic heterocycles. The predicted octanol–water partition coefficient (Wildman–Crippen LogP) is 1.03. The summed E-state index contributed by atoms with van der Waals surface area (Å²) < 4.78 is 4.90. The minimum absolute atomic E-state index is 0.208. The Kier molecular flexibility index (Phi) is 4.72. The molecular formula is C16H23N5O2. The fourth-order valence-corrected chi connectivity index (χ4v) is 3.18. The number of benzene rings is 1. The molecule has 7 heteroatoms. The Balaban J connectivity index is 1.75. The van der Waals surface area contributed by atoms with Gasteiger partial charge in [-0.1, -0.05) is 6.07 Å². The van der Waals surface area contributed by atoms with E-state index in [0.29, 0.717) is 32.1 Å². The van der Waals surface area contributed by atoms with E-state index in [9.17, 15) is 5.21 Å². The van der Waals surface area contributed by atoms with Gasteiger partial charge in [-0.15, -0.1) is 0 Å². The van der Waals surface area contributed by atoms with Gasteiger partial charge in [0.2, 0.25) is 0 Å². The number of rotatable bonds is 5. The van der Waals surface area contributed by atoms with Crippen LogP contribution in [0.1, 0.15) is 12.0 Å². The number of hydrogen-bond donors (Lipinski definition) is 2. The Labute approximate surface area is 135 Å². The van der Waals surface area contributed by atoms with Crippen LogP contribution in [0.5, 0.6) is 0 Å². The van der Waals surface area contributed by atoms with Gasteiger partial charge in [-0.05, 0) is 18.6 Å². The molecule has 0 radical (unpaired) electrons. The third-order valence-corrected chi connectivity index (χ3v) is 4.38. The van der Waals surface area contributed by atoms with Gasteiger partial charge in [0, 0.05) is 31.2 Å². The van der Waals surface area contributed by atoms with Crippen LogP contribution in [0, 0.1) is 5.21 Å². The number of methoxy groups -OCH3 is 1. The van der Waals surface area contributed by atoms with Crippen LogP contribution in [0.15, 0.2) is 24.5 Å². The highest BCUT2D eigenvalue weighted by atomic mass is 16.5. The molecule has 1 aromatic heterocycles. The molecule has 0 spiro atoms. The third kappa shape index (κ3) is 3.76. The van der Waals surface area contributed by atoms with Crippen molar-refractivity contribution in [1.82, 2.24) is 15.3 Å². The number of hydrogen-bond acceptors (Lipinski definition) is 6. The summed E-state index contributed by atoms with van der Waals surface area (Å²) in [6.07, 6.45) is 2.31. The number of ether oxygens (including phenoxy) is 1. The van der Waals surface area contributed by atoms with Crippen molar-refractivity contribution in [2.75, 3.05) is 39.1 Å². The second-order valence-electron chi connectivity index (χ2n) is 6.17. The molecule has 2 unspecified atom stereocenters. The molecule has 7 nitrogen and oxygen atoms in total. The smallest absolute Gasteiger partial charge is 0.134 e. The van der Waals surface area contributed by atoms with Crippen molar-refractivity contribution in [2.45, 2.75) is 19.0 Å². The van der Waals surface area contributed by atoms with Crippen LogP contribution in [-0.2, 0) is 11.3 Å². The van der Waals surface area contributed by atoms with Crippen molar-refractivity contribution < 1.29 is 9.38 Å². The van der Waals surface area contributed by atoms with Crippen LogP contribution in [0.2, 0.25) is 0 Å². The van der Waals surface area contributed by atoms with E-state index in [1.807, 2.05) is 18.2 Å². The van der Waals surface area contributed by atoms with Crippen molar-refractivity contribution in [2.24, 2.45) is 0 Å². The van der Waals surface area contributed by atoms with Crippen LogP contribution in [0.25, 0.3) is 10.9 Å². The lowest BCUT2D eigenvalue weighted by Crippen LogP contribution is -2.59. The molecule has 1 saturated heterocycles. The number of nitrogens with one attached hydrogen (secondary N) is 1. The molecule has 3 N–H and O–H groups in total. The maximum Gasteiger partial charge on any atom is 0.134 e. The Morgan fingerprint density at radius 3 is 3.13 bits per heavy atom. The lowest BCUT2D eigenvalue weighted by molar-refractivity contribution is -0.898. The van der Waals surface area contributed by atoms with Gasteiger partial charge in [0.15, 0.2) is 0 Å². The molecule has 3 rings (SSSR count). The minimum atomic E-state index is -0.215. The summed E-state index contributed by atoms with van der Waals surface area (Å²) >= 11 is 0. The quantitative estimate of drug-likeness (QED) is 0.632. The number of quaternary nitrogens is 1. The zero-order valence-electron chi connectivity index (χ0n) is 13.4. The van der Waals surface area contributed by atoms with E-state index >= 15 is 0 Å². The number of aromatic nitrogens is 2. The normalized spacial score (nSPS) is 24.9. The van der Waals surface area contributed by atoms with Crippen LogP contribution in [0.4, 0.5) is 5.82 Å². The highest BCUT2D eigenvalue weighted by molar-refractivity contribution is 5.87. The summed E-state index contributed by atoms with van der Waals surface area (Å²) in [6, 6.07) is 6.00. The average Bonchev–Trinajstić information content (AvgIpc) is 2.53. The number of piperazine rings is 1. The van der Waals surface area contributed by atoms with Gasteiger partial charge in [0.05, 0.1) is 24.6 Å². The van der Waals surface area contributed by atoms with E-state index in [-0.39, 0.29) is 10.7 Å². The van der Waals surface area contributed by atoms with Gasteiger partial charge < -0.3 is 25.6 Å². The van der Waals surface area contributed by atoms with Crippen LogP contribution >= 0.6 is 0 Å². The number of hydroxylamine groups is 3. The Hall–Kier alpha value is -1.80. The Morgan fingerprint density at radius 1 is 1.43 bits per heavy atom. The molecule has 1 fully saturated rings. The van der Waals surface area contributed by atoms with E-state index in [4.69, 9.17) is 10.5 Å². The van der Waals surface area contributed by atoms with Crippen molar-refractivity contribution in [3.8, 4) is 0 Å². The first-order valence-corrected chi connectivity index (χ1v) is 7.88. The average molecular weight is 317 g/mol. The lowest BCUT2D eigenvalue weighted by atomic mass is 10.1. The van der Waals surface area contributed by atoms with Crippen molar-refractivity contribution in [3.63, 3.8) is 0 Å². The van der Waals surface area contributed by atoms with Crippen molar-refractivity contribution in [3.05, 3.63) is 35.3 Å². The first-order chi connectivity index (χ1) is 11.1. The molecular weight excluding hydrogens is 294 g/mol. The molecule has 2 aromatic rings. The molecule has 23 heavy (non-hydrogen) atoms. The van der Waals surface area contributed by atoms with Gasteiger partial charge in [0.25, 0.3) is 0 Å². The molecule has 0 aliphatic carbocycles. The second-order valence-corrected chi connectivity index (χ2v) is 6.17. The van der Waals surface area contributed by atoms with E-state index in [2.05, 4.69) is 15.3 Å². The fourth-order valence-electron chi connectivity index (χ4n) is 3.18. The van der Waals surface area contributed by atoms with Gasteiger partial charge in [-0.2, -0.15) is 0 Å². The highest BCUT2D eigenvalue weighted by Crippen LogP contribution is 2.22. The lowest BCUT2D eigenvalue weighted by Gasteiger charge is -2.48. The van der Waals surface area contributed by atoms with Gasteiger partial charge in [-0.25, -0.2) is 9.97 Å². The monoisotopic (exact) mass is 317 g/mol. The van der Waals surface area contributed by atoms with E-state index in [1.165, 1.54) is 6.33 Å². The minimum Gasteiger partial charge on any atom is -0.632 e. The number of nitrogens with zero attached hydrogens (tertiary/aromatic N) is 3. The molecule has 0 saturated carbocycles. The van der Waals surface area contributed by atoms with Crippen LogP contribution in [-0.4, -0.2) is 54.0 Å². The summed E-state index contributed by atoms with van der Waals surface area (Å²) in [5, 5.41) is 17.3. The molecule has 2 atom stereocenters. The fraction of sp³-hybridized carbons (Fsp3) is 0.500. The highest BCUT2D eigenvalue weighted by Gasteiger charge is 2.27. The summed E-state index contributed by atoms with van der Waals surface area (Å²) in [4.78, 5) is 8.23. The second kappa shape index (κ2) is 6.76. The van der Waals surface area contributed by atoms with Crippen LogP contribution in [0.3, 0.4) is 0 Å². The van der Waals surface area contributed by atoms with Gasteiger partial charge in [0.1, 0.15) is 18.7 Å². The van der Waals surface area contributed by atoms with Crippen molar-refractivity contribution in [1.29, 1.82) is 0 Å². The first kappa shape index (κ1) is 16.1. The van der Waals surface area contributed by atoms with Gasteiger partial charge >= 0.3 is 0 Å². The zero-order chi connectivity index (χ0) is 16.3. The van der Waals surface area contributed by atoms with Gasteiger partial charge in [-0.3, -0.25) is 0 Å². The summed E-state index contributed by atoms with van der Waals surface area (Å²) in [5.41, 5.74) is 7.61. The van der Waals surface area contributed by atoms with Crippen molar-refractivity contribution >= 4 is 16.7 Å². The number of nitrogen functional groups attached to an aromatic ring is 1. The zero-order valence-corrected chi connectivity index (χ0v) is 13.4. The molecule has 1 aromatic carbocycles. The summed E-state index contributed by atoms with van der Waals surface area (Å²) in [6.45, 7) is 3.00. The largest absolute Gasteiger partial charge is 0.632 e. The Bertz CT molecular complexity index is 681. The predicted molar refractivity (Wildman–Crippen MR) is 89.3 cm³/mol. The SMILES string of the molecule is COCCC1C[N+]([O-])(Cc2ccc3c(N)ncnc3c2)CCN1. The molecule has 0 bridgehead atoms. The molecule has 2 heterocycles. The maximum atomic E-state index is 13.1. The number of anilines is 1. The summed E-state index contributed by atoms with van der Waals surface area (Å²) in [5.74, 6) is 0.467. The maximum absolute atomic E-state index is 13.1. The molecule has 0 amide bonds. The number of fused-ring (bicyclic) bond motifs is 1. The first-order valence-electron chi connectivity index (χ1n) is 7.88. The van der Waals surface area contributed by atoms with E-state index in [1.54, 1.807) is 7.11 Å². The van der Waals surface area contributed by atoms with E-state index < -0.39 is 0 Å². The third-order valence-electron chi connectivity index (χ3n) is 4.38.